The van der Waals surface area contributed by atoms with E-state index in [9.17, 15) is 0 Å². The molecule has 0 unspecified atom stereocenters. The van der Waals surface area contributed by atoms with Crippen molar-refractivity contribution in [3.63, 3.8) is 0 Å². The first-order valence-electron chi connectivity index (χ1n) is 19.7. The van der Waals surface area contributed by atoms with Crippen LogP contribution in [0.1, 0.15) is 113 Å². The normalized spacial score (nSPS) is 20.7. The number of anilines is 2. The highest BCUT2D eigenvalue weighted by Crippen LogP contribution is 2.52. The second-order valence-electron chi connectivity index (χ2n) is 18.2. The minimum Gasteiger partial charge on any atom is -0.362 e. The van der Waals surface area contributed by atoms with Crippen molar-refractivity contribution in [1.82, 2.24) is 0 Å². The van der Waals surface area contributed by atoms with E-state index in [4.69, 9.17) is 0 Å². The minimum atomic E-state index is -0.254. The predicted octanol–water partition coefficient (Wildman–Crippen LogP) is 12.1. The Hall–Kier alpha value is -4.76. The van der Waals surface area contributed by atoms with E-state index in [1.54, 1.807) is 5.56 Å². The van der Waals surface area contributed by atoms with E-state index in [0.717, 1.165) is 30.4 Å². The standard InChI is InChI=1S/C50H52BN2/c1-30-16-18-34(19-17-30)53-45-21-20-35-36-28-43-42(48(3,4)22-23-49(43,5)6)27-32(36)26-37(35)46(45)39-25-31(2)24-38-40-14-11-12-33(51-47(38)39)29-52-44-15-10-9-13-41(44)50(40,7)8/h9-16,18,20-21,24-25,27-29,52-53H,17,19,22-23,26H2,1-8H3/b12-11?,33-29?,40-14+. The lowest BCUT2D eigenvalue weighted by Crippen LogP contribution is -2.34. The number of aryl methyl sites for hydroxylation is 1. The molecule has 3 aliphatic carbocycles. The van der Waals surface area contributed by atoms with Crippen LogP contribution in [0.2, 0.25) is 0 Å². The fourth-order valence-electron chi connectivity index (χ4n) is 9.80. The summed E-state index contributed by atoms with van der Waals surface area (Å²) < 4.78 is 0. The Balaban J connectivity index is 1.30. The zero-order chi connectivity index (χ0) is 36.9. The molecule has 1 radical (unpaired) electrons. The SMILES string of the molecule is CC1=CC=C(Nc2ccc3c(c2-c2cc(C)cc4c2[B]C2=CNc5ccccc5C(C)(C)/C4=C/C=C2)Cc2cc4c(cc2-3)C(C)(C)CCC4(C)C)CC1. The minimum absolute atomic E-state index is 0.164. The Morgan fingerprint density at radius 3 is 2.25 bits per heavy atom. The molecule has 4 aromatic rings. The van der Waals surface area contributed by atoms with Crippen molar-refractivity contribution in [2.45, 2.75) is 104 Å². The number of fused-ring (bicyclic) bond motifs is 6. The van der Waals surface area contributed by atoms with Gasteiger partial charge in [-0.15, -0.1) is 0 Å². The van der Waals surface area contributed by atoms with Crippen LogP contribution >= 0.6 is 0 Å². The van der Waals surface area contributed by atoms with Gasteiger partial charge in [0.25, 0.3) is 0 Å². The first-order valence-corrected chi connectivity index (χ1v) is 19.7. The third-order valence-electron chi connectivity index (χ3n) is 13.1. The van der Waals surface area contributed by atoms with Crippen LogP contribution in [0.25, 0.3) is 27.8 Å². The Bertz CT molecular complexity index is 2390. The Labute approximate surface area is 318 Å². The molecule has 10 rings (SSSR count). The molecule has 3 heteroatoms. The third-order valence-corrected chi connectivity index (χ3v) is 13.1. The van der Waals surface area contributed by atoms with Gasteiger partial charge in [0, 0.05) is 28.1 Å². The van der Waals surface area contributed by atoms with Gasteiger partial charge in [-0.1, -0.05) is 131 Å². The van der Waals surface area contributed by atoms with Crippen molar-refractivity contribution >= 4 is 29.7 Å². The monoisotopic (exact) mass is 691 g/mol. The second-order valence-corrected chi connectivity index (χ2v) is 18.2. The van der Waals surface area contributed by atoms with Crippen LogP contribution in [0, 0.1) is 6.92 Å². The van der Waals surface area contributed by atoms with Crippen LogP contribution in [-0.2, 0) is 22.7 Å². The van der Waals surface area contributed by atoms with Crippen LogP contribution in [0.4, 0.5) is 11.4 Å². The summed E-state index contributed by atoms with van der Waals surface area (Å²) in [7, 11) is 2.42. The van der Waals surface area contributed by atoms with E-state index in [1.165, 1.54) is 96.5 Å². The molecule has 4 aromatic carbocycles. The lowest BCUT2D eigenvalue weighted by atomic mass is 9.56. The highest BCUT2D eigenvalue weighted by molar-refractivity contribution is 6.65. The number of hydrogen-bond donors (Lipinski definition) is 2. The molecule has 265 valence electrons. The van der Waals surface area contributed by atoms with Crippen molar-refractivity contribution in [2.75, 3.05) is 10.6 Å². The van der Waals surface area contributed by atoms with Gasteiger partial charge in [-0.05, 0) is 142 Å². The fourth-order valence-corrected chi connectivity index (χ4v) is 9.80. The van der Waals surface area contributed by atoms with E-state index >= 15 is 0 Å². The van der Waals surface area contributed by atoms with Crippen molar-refractivity contribution < 1.29 is 0 Å². The van der Waals surface area contributed by atoms with E-state index in [2.05, 4.69) is 171 Å². The Morgan fingerprint density at radius 2 is 1.47 bits per heavy atom. The predicted molar refractivity (Wildman–Crippen MR) is 229 cm³/mol. The number of para-hydroxylation sites is 1. The quantitative estimate of drug-likeness (QED) is 0.184. The zero-order valence-corrected chi connectivity index (χ0v) is 32.9. The van der Waals surface area contributed by atoms with Gasteiger partial charge in [-0.25, -0.2) is 0 Å². The molecule has 3 aliphatic heterocycles. The topological polar surface area (TPSA) is 24.1 Å². The molecule has 0 fully saturated rings. The van der Waals surface area contributed by atoms with Crippen LogP contribution in [0.15, 0.2) is 114 Å². The Morgan fingerprint density at radius 1 is 0.717 bits per heavy atom. The van der Waals surface area contributed by atoms with Crippen LogP contribution in [0.5, 0.6) is 0 Å². The van der Waals surface area contributed by atoms with Gasteiger partial charge >= 0.3 is 0 Å². The molecule has 0 atom stereocenters. The van der Waals surface area contributed by atoms with E-state index in [1.807, 2.05) is 0 Å². The lowest BCUT2D eigenvalue weighted by Gasteiger charge is -2.42. The van der Waals surface area contributed by atoms with Crippen LogP contribution in [-0.4, -0.2) is 7.28 Å². The maximum atomic E-state index is 4.01. The number of benzene rings is 4. The molecule has 0 amide bonds. The molecular formula is C50H52BN2. The third kappa shape index (κ3) is 5.61. The van der Waals surface area contributed by atoms with Crippen LogP contribution < -0.4 is 16.1 Å². The molecule has 3 heterocycles. The van der Waals surface area contributed by atoms with Gasteiger partial charge in [0.05, 0.1) is 0 Å². The van der Waals surface area contributed by atoms with Gasteiger partial charge in [0.2, 0.25) is 0 Å². The summed E-state index contributed by atoms with van der Waals surface area (Å²) in [6.45, 7) is 19.1. The van der Waals surface area contributed by atoms with Crippen molar-refractivity contribution in [3.8, 4) is 22.3 Å². The second kappa shape index (κ2) is 12.1. The highest BCUT2D eigenvalue weighted by Gasteiger charge is 2.39. The van der Waals surface area contributed by atoms with Crippen molar-refractivity contribution in [1.29, 1.82) is 0 Å². The van der Waals surface area contributed by atoms with E-state index in [-0.39, 0.29) is 16.2 Å². The van der Waals surface area contributed by atoms with Crippen LogP contribution in [0.3, 0.4) is 0 Å². The van der Waals surface area contributed by atoms with E-state index in [0.29, 0.717) is 0 Å². The molecule has 0 saturated carbocycles. The van der Waals surface area contributed by atoms with Gasteiger partial charge in [0.15, 0.2) is 7.28 Å². The summed E-state index contributed by atoms with van der Waals surface area (Å²) in [5.74, 6) is 0. The summed E-state index contributed by atoms with van der Waals surface area (Å²) in [6, 6.07) is 23.6. The number of nitrogens with one attached hydrogen (secondary N) is 2. The van der Waals surface area contributed by atoms with Gasteiger partial charge in [-0.2, -0.15) is 0 Å². The maximum Gasteiger partial charge on any atom is 0.194 e. The van der Waals surface area contributed by atoms with E-state index < -0.39 is 0 Å². The first-order chi connectivity index (χ1) is 25.3. The molecule has 2 bridgehead atoms. The van der Waals surface area contributed by atoms with Crippen molar-refractivity contribution in [2.24, 2.45) is 0 Å². The molecule has 53 heavy (non-hydrogen) atoms. The molecule has 2 nitrogen and oxygen atoms in total. The molecular weight excluding hydrogens is 639 g/mol. The van der Waals surface area contributed by atoms with Gasteiger partial charge in [0.1, 0.15) is 0 Å². The fraction of sp³-hybridized carbons (Fsp3) is 0.320. The molecule has 2 N–H and O–H groups in total. The number of allylic oxidation sites excluding steroid dienone is 9. The largest absolute Gasteiger partial charge is 0.362 e. The van der Waals surface area contributed by atoms with Gasteiger partial charge < -0.3 is 10.6 Å². The zero-order valence-electron chi connectivity index (χ0n) is 32.9. The average Bonchev–Trinajstić information content (AvgIpc) is 3.48. The smallest absolute Gasteiger partial charge is 0.194 e. The average molecular weight is 692 g/mol. The summed E-state index contributed by atoms with van der Waals surface area (Å²) in [4.78, 5) is 0. The molecule has 0 spiro atoms. The molecule has 0 saturated heterocycles. The highest BCUT2D eigenvalue weighted by atomic mass is 14.9. The maximum absolute atomic E-state index is 4.01. The molecule has 0 aromatic heterocycles. The number of hydrogen-bond acceptors (Lipinski definition) is 2. The summed E-state index contributed by atoms with van der Waals surface area (Å²) in [6.07, 6.45) is 19.1. The summed E-state index contributed by atoms with van der Waals surface area (Å²) in [5, 5.41) is 7.72. The first kappa shape index (κ1) is 34.0. The van der Waals surface area contributed by atoms with Gasteiger partial charge in [-0.3, -0.25) is 0 Å². The van der Waals surface area contributed by atoms with Crippen molar-refractivity contribution in [3.05, 3.63) is 153 Å². The Kier molecular flexibility index (Phi) is 7.79. The summed E-state index contributed by atoms with van der Waals surface area (Å²) >= 11 is 0. The molecule has 6 aliphatic rings. The number of rotatable bonds is 3. The lowest BCUT2D eigenvalue weighted by molar-refractivity contribution is 0.332. The summed E-state index contributed by atoms with van der Waals surface area (Å²) in [5.41, 5.74) is 24.3.